The fourth-order valence-corrected chi connectivity index (χ4v) is 2.03. The van der Waals surface area contributed by atoms with Crippen LogP contribution < -0.4 is 4.90 Å². The van der Waals surface area contributed by atoms with Crippen molar-refractivity contribution in [2.75, 3.05) is 25.1 Å². The molecule has 0 spiro atoms. The molecule has 0 aromatic carbocycles. The average Bonchev–Trinajstić information content (AvgIpc) is 2.62. The van der Waals surface area contributed by atoms with E-state index < -0.39 is 0 Å². The fraction of sp³-hybridized carbons (Fsp3) is 0.545. The summed E-state index contributed by atoms with van der Waals surface area (Å²) in [5.41, 5.74) is -0.0516. The first-order chi connectivity index (χ1) is 7.13. The van der Waals surface area contributed by atoms with Crippen molar-refractivity contribution in [2.45, 2.75) is 18.9 Å². The second kappa shape index (κ2) is 3.99. The normalized spacial score (nSPS) is 25.9. The van der Waals surface area contributed by atoms with Crippen LogP contribution in [0.2, 0.25) is 5.15 Å². The Kier molecular flexibility index (Phi) is 2.85. The van der Waals surface area contributed by atoms with E-state index in [1.807, 2.05) is 12.1 Å². The summed E-state index contributed by atoms with van der Waals surface area (Å²) in [6, 6.07) is 5.69. The van der Waals surface area contributed by atoms with Crippen LogP contribution in [0.5, 0.6) is 0 Å². The van der Waals surface area contributed by atoms with Gasteiger partial charge in [0.2, 0.25) is 0 Å². The standard InChI is InChI=1S/C11H15ClN2O/c1-11(15-2)6-7-14(8-11)10-5-3-4-9(12)13-10/h3-5H,6-8H2,1-2H3. The first-order valence-electron chi connectivity index (χ1n) is 5.06. The molecule has 15 heavy (non-hydrogen) atoms. The molecule has 1 unspecified atom stereocenters. The molecule has 1 aromatic rings. The number of hydrogen-bond donors (Lipinski definition) is 0. The molecule has 3 nitrogen and oxygen atoms in total. The molecule has 1 fully saturated rings. The molecule has 2 rings (SSSR count). The zero-order valence-corrected chi connectivity index (χ0v) is 9.79. The summed E-state index contributed by atoms with van der Waals surface area (Å²) in [4.78, 5) is 6.49. The van der Waals surface area contributed by atoms with Crippen LogP contribution in [0, 0.1) is 0 Å². The number of rotatable bonds is 2. The predicted octanol–water partition coefficient (Wildman–Crippen LogP) is 2.35. The zero-order chi connectivity index (χ0) is 10.9. The highest BCUT2D eigenvalue weighted by Gasteiger charge is 2.34. The van der Waals surface area contributed by atoms with E-state index in [1.165, 1.54) is 0 Å². The van der Waals surface area contributed by atoms with E-state index in [0.717, 1.165) is 25.3 Å². The Hall–Kier alpha value is -0.800. The summed E-state index contributed by atoms with van der Waals surface area (Å²) in [6.45, 7) is 3.96. The van der Waals surface area contributed by atoms with Gasteiger partial charge in [-0.15, -0.1) is 0 Å². The van der Waals surface area contributed by atoms with Gasteiger partial charge >= 0.3 is 0 Å². The largest absolute Gasteiger partial charge is 0.377 e. The van der Waals surface area contributed by atoms with Crippen molar-refractivity contribution in [3.05, 3.63) is 23.4 Å². The highest BCUT2D eigenvalue weighted by molar-refractivity contribution is 6.29. The average molecular weight is 227 g/mol. The lowest BCUT2D eigenvalue weighted by Gasteiger charge is -2.23. The molecule has 0 saturated carbocycles. The molecular formula is C11H15ClN2O. The monoisotopic (exact) mass is 226 g/mol. The van der Waals surface area contributed by atoms with Gasteiger partial charge < -0.3 is 9.64 Å². The van der Waals surface area contributed by atoms with Crippen molar-refractivity contribution in [3.63, 3.8) is 0 Å². The Labute approximate surface area is 95.0 Å². The molecule has 1 saturated heterocycles. The van der Waals surface area contributed by atoms with Gasteiger partial charge in [-0.2, -0.15) is 0 Å². The lowest BCUT2D eigenvalue weighted by molar-refractivity contribution is 0.0256. The minimum absolute atomic E-state index is 0.0516. The minimum Gasteiger partial charge on any atom is -0.377 e. The molecule has 0 radical (unpaired) electrons. The van der Waals surface area contributed by atoms with Crippen LogP contribution in [0.4, 0.5) is 5.82 Å². The summed E-state index contributed by atoms with van der Waals surface area (Å²) < 4.78 is 5.48. The first kappa shape index (κ1) is 10.7. The molecule has 1 aliphatic rings. The van der Waals surface area contributed by atoms with Gasteiger partial charge in [-0.25, -0.2) is 4.98 Å². The number of nitrogens with zero attached hydrogens (tertiary/aromatic N) is 2. The Bertz CT molecular complexity index is 358. The van der Waals surface area contributed by atoms with Crippen LogP contribution in [-0.2, 0) is 4.74 Å². The van der Waals surface area contributed by atoms with Crippen molar-refractivity contribution in [2.24, 2.45) is 0 Å². The van der Waals surface area contributed by atoms with E-state index in [9.17, 15) is 0 Å². The third-order valence-corrected chi connectivity index (χ3v) is 3.16. The van der Waals surface area contributed by atoms with Gasteiger partial charge in [0.05, 0.1) is 5.60 Å². The van der Waals surface area contributed by atoms with Gasteiger partial charge in [0.25, 0.3) is 0 Å². The van der Waals surface area contributed by atoms with Gasteiger partial charge in [-0.3, -0.25) is 0 Å². The Morgan fingerprint density at radius 2 is 2.33 bits per heavy atom. The van der Waals surface area contributed by atoms with Crippen molar-refractivity contribution in [1.29, 1.82) is 0 Å². The summed E-state index contributed by atoms with van der Waals surface area (Å²) in [5, 5.41) is 0.540. The van der Waals surface area contributed by atoms with Crippen molar-refractivity contribution >= 4 is 17.4 Å². The van der Waals surface area contributed by atoms with Crippen molar-refractivity contribution in [1.82, 2.24) is 4.98 Å². The number of methoxy groups -OCH3 is 1. The van der Waals surface area contributed by atoms with E-state index in [2.05, 4.69) is 16.8 Å². The number of aromatic nitrogens is 1. The third-order valence-electron chi connectivity index (χ3n) is 2.95. The van der Waals surface area contributed by atoms with E-state index in [0.29, 0.717) is 5.15 Å². The van der Waals surface area contributed by atoms with Crippen molar-refractivity contribution in [3.8, 4) is 0 Å². The highest BCUT2D eigenvalue weighted by Crippen LogP contribution is 2.28. The smallest absolute Gasteiger partial charge is 0.131 e. The van der Waals surface area contributed by atoms with Crippen LogP contribution in [0.25, 0.3) is 0 Å². The van der Waals surface area contributed by atoms with Gasteiger partial charge in [0.15, 0.2) is 0 Å². The van der Waals surface area contributed by atoms with Crippen LogP contribution >= 0.6 is 11.6 Å². The van der Waals surface area contributed by atoms with Crippen molar-refractivity contribution < 1.29 is 4.74 Å². The van der Waals surface area contributed by atoms with E-state index >= 15 is 0 Å². The van der Waals surface area contributed by atoms with Crippen LogP contribution in [0.15, 0.2) is 18.2 Å². The summed E-state index contributed by atoms with van der Waals surface area (Å²) in [5.74, 6) is 0.934. The maximum atomic E-state index is 5.86. The summed E-state index contributed by atoms with van der Waals surface area (Å²) >= 11 is 5.86. The van der Waals surface area contributed by atoms with E-state index in [-0.39, 0.29) is 5.60 Å². The SMILES string of the molecule is COC1(C)CCN(c2cccc(Cl)n2)C1. The minimum atomic E-state index is -0.0516. The number of ether oxygens (including phenoxy) is 1. The second-order valence-electron chi connectivity index (χ2n) is 4.14. The molecule has 0 N–H and O–H groups in total. The molecule has 0 amide bonds. The first-order valence-corrected chi connectivity index (χ1v) is 5.43. The fourth-order valence-electron chi connectivity index (χ4n) is 1.87. The number of halogens is 1. The molecule has 0 bridgehead atoms. The molecule has 1 aliphatic heterocycles. The second-order valence-corrected chi connectivity index (χ2v) is 4.53. The Morgan fingerprint density at radius 3 is 2.93 bits per heavy atom. The topological polar surface area (TPSA) is 25.4 Å². The Balaban J connectivity index is 2.14. The predicted molar refractivity (Wildman–Crippen MR) is 61.5 cm³/mol. The number of pyridine rings is 1. The molecule has 4 heteroatoms. The zero-order valence-electron chi connectivity index (χ0n) is 9.03. The molecule has 0 aliphatic carbocycles. The molecule has 1 aromatic heterocycles. The Morgan fingerprint density at radius 1 is 1.53 bits per heavy atom. The quantitative estimate of drug-likeness (QED) is 0.724. The molecular weight excluding hydrogens is 212 g/mol. The maximum absolute atomic E-state index is 5.86. The number of hydrogen-bond acceptors (Lipinski definition) is 3. The van der Waals surface area contributed by atoms with Gasteiger partial charge in [0.1, 0.15) is 11.0 Å². The molecule has 82 valence electrons. The van der Waals surface area contributed by atoms with E-state index in [4.69, 9.17) is 16.3 Å². The lowest BCUT2D eigenvalue weighted by Crippen LogP contribution is -2.32. The molecule has 1 atom stereocenters. The molecule has 2 heterocycles. The van der Waals surface area contributed by atoms with Gasteiger partial charge in [0, 0.05) is 20.2 Å². The van der Waals surface area contributed by atoms with Gasteiger partial charge in [-0.05, 0) is 25.5 Å². The number of anilines is 1. The van der Waals surface area contributed by atoms with Crippen LogP contribution in [-0.4, -0.2) is 30.8 Å². The third kappa shape index (κ3) is 2.24. The highest BCUT2D eigenvalue weighted by atomic mass is 35.5. The maximum Gasteiger partial charge on any atom is 0.131 e. The van der Waals surface area contributed by atoms with Crippen LogP contribution in [0.1, 0.15) is 13.3 Å². The summed E-state index contributed by atoms with van der Waals surface area (Å²) in [7, 11) is 1.76. The van der Waals surface area contributed by atoms with Gasteiger partial charge in [-0.1, -0.05) is 17.7 Å². The summed E-state index contributed by atoms with van der Waals surface area (Å²) in [6.07, 6.45) is 1.03. The van der Waals surface area contributed by atoms with Crippen LogP contribution in [0.3, 0.4) is 0 Å². The lowest BCUT2D eigenvalue weighted by atomic mass is 10.1. The van der Waals surface area contributed by atoms with E-state index in [1.54, 1.807) is 13.2 Å².